The van der Waals surface area contributed by atoms with E-state index in [9.17, 15) is 5.11 Å². The Morgan fingerprint density at radius 3 is 2.76 bits per heavy atom. The van der Waals surface area contributed by atoms with Gasteiger partial charge >= 0.3 is 0 Å². The molecule has 4 nitrogen and oxygen atoms in total. The number of hydrogen-bond acceptors (Lipinski definition) is 4. The number of aromatic nitrogens is 3. The van der Waals surface area contributed by atoms with Gasteiger partial charge in [0.15, 0.2) is 0 Å². The third kappa shape index (κ3) is 4.86. The van der Waals surface area contributed by atoms with Crippen LogP contribution in [0.15, 0.2) is 35.5 Å². The molecule has 0 aliphatic rings. The van der Waals surface area contributed by atoms with E-state index in [4.69, 9.17) is 0 Å². The molecule has 21 heavy (non-hydrogen) atoms. The number of hydrogen-bond donors (Lipinski definition) is 1. The van der Waals surface area contributed by atoms with Crippen LogP contribution in [0.1, 0.15) is 25.2 Å². The topological polar surface area (TPSA) is 50.9 Å². The van der Waals surface area contributed by atoms with Gasteiger partial charge in [-0.3, -0.25) is 0 Å². The van der Waals surface area contributed by atoms with E-state index < -0.39 is 6.10 Å². The molecule has 2 rings (SSSR count). The molecule has 0 saturated carbocycles. The van der Waals surface area contributed by atoms with Gasteiger partial charge in [0.25, 0.3) is 0 Å². The quantitative estimate of drug-likeness (QED) is 0.799. The first-order chi connectivity index (χ1) is 10.1. The Kier molecular flexibility index (Phi) is 5.82. The first-order valence-electron chi connectivity index (χ1n) is 7.29. The number of aliphatic hydroxyl groups is 1. The van der Waals surface area contributed by atoms with E-state index in [1.807, 2.05) is 16.8 Å². The first kappa shape index (κ1) is 16.0. The van der Waals surface area contributed by atoms with Crippen LogP contribution in [0.2, 0.25) is 0 Å². The van der Waals surface area contributed by atoms with Crippen LogP contribution in [0, 0.1) is 12.8 Å². The minimum Gasteiger partial charge on any atom is -0.392 e. The van der Waals surface area contributed by atoms with E-state index in [1.165, 1.54) is 10.5 Å². The number of rotatable bonds is 7. The number of aryl methyl sites for hydroxylation is 1. The maximum absolute atomic E-state index is 10.2. The summed E-state index contributed by atoms with van der Waals surface area (Å²) in [6.45, 7) is 7.23. The molecule has 0 aliphatic carbocycles. The Hall–Kier alpha value is -1.33. The zero-order valence-corrected chi connectivity index (χ0v) is 13.7. The molecule has 0 spiro atoms. The predicted molar refractivity (Wildman–Crippen MR) is 86.5 cm³/mol. The molecule has 0 radical (unpaired) electrons. The molecule has 1 unspecified atom stereocenters. The van der Waals surface area contributed by atoms with Gasteiger partial charge in [-0.05, 0) is 24.5 Å². The molecule has 5 heteroatoms. The third-order valence-corrected chi connectivity index (χ3v) is 4.50. The van der Waals surface area contributed by atoms with Crippen LogP contribution >= 0.6 is 11.8 Å². The smallest absolute Gasteiger partial charge is 0.138 e. The fraction of sp³-hybridized carbons (Fsp3) is 0.500. The Bertz CT molecular complexity index is 568. The SMILES string of the molecule is Cc1ccccc1SCC(O)Cc1ncnn1CC(C)C. The van der Waals surface area contributed by atoms with Gasteiger partial charge in [0.2, 0.25) is 0 Å². The highest BCUT2D eigenvalue weighted by Crippen LogP contribution is 2.23. The minimum absolute atomic E-state index is 0.412. The second-order valence-corrected chi connectivity index (χ2v) is 6.75. The van der Waals surface area contributed by atoms with Crippen LogP contribution < -0.4 is 0 Å². The minimum atomic E-state index is -0.412. The maximum Gasteiger partial charge on any atom is 0.138 e. The van der Waals surface area contributed by atoms with Crippen LogP contribution in [-0.4, -0.2) is 31.7 Å². The summed E-state index contributed by atoms with van der Waals surface area (Å²) in [7, 11) is 0. The zero-order valence-electron chi connectivity index (χ0n) is 12.9. The Morgan fingerprint density at radius 2 is 2.05 bits per heavy atom. The van der Waals surface area contributed by atoms with E-state index in [0.717, 1.165) is 12.4 Å². The lowest BCUT2D eigenvalue weighted by Gasteiger charge is -2.13. The van der Waals surface area contributed by atoms with Gasteiger partial charge < -0.3 is 5.11 Å². The molecule has 0 saturated heterocycles. The summed E-state index contributed by atoms with van der Waals surface area (Å²) in [6.07, 6.45) is 1.70. The zero-order chi connectivity index (χ0) is 15.2. The molecule has 114 valence electrons. The first-order valence-corrected chi connectivity index (χ1v) is 8.28. The van der Waals surface area contributed by atoms with Crippen molar-refractivity contribution in [1.82, 2.24) is 14.8 Å². The monoisotopic (exact) mass is 305 g/mol. The third-order valence-electron chi connectivity index (χ3n) is 3.18. The van der Waals surface area contributed by atoms with E-state index in [1.54, 1.807) is 18.1 Å². The van der Waals surface area contributed by atoms with Crippen LogP contribution in [-0.2, 0) is 13.0 Å². The van der Waals surface area contributed by atoms with Gasteiger partial charge in [-0.1, -0.05) is 32.0 Å². The lowest BCUT2D eigenvalue weighted by Crippen LogP contribution is -2.19. The van der Waals surface area contributed by atoms with Gasteiger partial charge in [0.1, 0.15) is 12.2 Å². The summed E-state index contributed by atoms with van der Waals surface area (Å²) in [5, 5.41) is 14.5. The summed E-state index contributed by atoms with van der Waals surface area (Å²) < 4.78 is 1.90. The molecule has 1 aromatic heterocycles. The molecule has 2 aromatic rings. The number of nitrogens with zero attached hydrogens (tertiary/aromatic N) is 3. The summed E-state index contributed by atoms with van der Waals surface area (Å²) in [6, 6.07) is 8.24. The largest absolute Gasteiger partial charge is 0.392 e. The van der Waals surface area contributed by atoms with E-state index in [-0.39, 0.29) is 0 Å². The maximum atomic E-state index is 10.2. The standard InChI is InChI=1S/C16H23N3OS/c1-12(2)9-19-16(17-11-18-19)8-14(20)10-21-15-7-5-4-6-13(15)3/h4-7,11-12,14,20H,8-10H2,1-3H3. The molecule has 0 bridgehead atoms. The molecule has 1 N–H and O–H groups in total. The van der Waals surface area contributed by atoms with Gasteiger partial charge in [-0.15, -0.1) is 11.8 Å². The molecule has 1 aromatic carbocycles. The fourth-order valence-electron chi connectivity index (χ4n) is 2.12. The highest BCUT2D eigenvalue weighted by atomic mass is 32.2. The highest BCUT2D eigenvalue weighted by Gasteiger charge is 2.13. The molecule has 0 amide bonds. The van der Waals surface area contributed by atoms with Crippen LogP contribution in [0.3, 0.4) is 0 Å². The van der Waals surface area contributed by atoms with Crippen molar-refractivity contribution in [3.05, 3.63) is 42.0 Å². The van der Waals surface area contributed by atoms with Gasteiger partial charge in [0, 0.05) is 23.6 Å². The summed E-state index contributed by atoms with van der Waals surface area (Å²) in [5.41, 5.74) is 1.25. The van der Waals surface area contributed by atoms with Crippen molar-refractivity contribution >= 4 is 11.8 Å². The van der Waals surface area contributed by atoms with Crippen LogP contribution in [0.5, 0.6) is 0 Å². The molecule has 1 heterocycles. The van der Waals surface area contributed by atoms with E-state index in [2.05, 4.69) is 43.0 Å². The van der Waals surface area contributed by atoms with E-state index >= 15 is 0 Å². The van der Waals surface area contributed by atoms with Crippen molar-refractivity contribution in [2.75, 3.05) is 5.75 Å². The average molecular weight is 305 g/mol. The number of aliphatic hydroxyl groups excluding tert-OH is 1. The van der Waals surface area contributed by atoms with Gasteiger partial charge in [-0.25, -0.2) is 9.67 Å². The fourth-order valence-corrected chi connectivity index (χ4v) is 3.08. The molecular formula is C16H23N3OS. The van der Waals surface area contributed by atoms with Crippen molar-refractivity contribution in [3.8, 4) is 0 Å². The molecule has 1 atom stereocenters. The summed E-state index contributed by atoms with van der Waals surface area (Å²) in [4.78, 5) is 5.49. The summed E-state index contributed by atoms with van der Waals surface area (Å²) in [5.74, 6) is 2.05. The highest BCUT2D eigenvalue weighted by molar-refractivity contribution is 7.99. The molecule has 0 fully saturated rings. The van der Waals surface area contributed by atoms with Crippen LogP contribution in [0.4, 0.5) is 0 Å². The van der Waals surface area contributed by atoms with Crippen molar-refractivity contribution in [3.63, 3.8) is 0 Å². The lowest BCUT2D eigenvalue weighted by atomic mass is 10.2. The Balaban J connectivity index is 1.89. The number of benzene rings is 1. The average Bonchev–Trinajstić information content (AvgIpc) is 2.84. The molecular weight excluding hydrogens is 282 g/mol. The van der Waals surface area contributed by atoms with Gasteiger partial charge in [-0.2, -0.15) is 5.10 Å². The Morgan fingerprint density at radius 1 is 1.29 bits per heavy atom. The van der Waals surface area contributed by atoms with Crippen molar-refractivity contribution in [2.45, 2.75) is 44.7 Å². The second kappa shape index (κ2) is 7.61. The Labute approximate surface area is 130 Å². The molecule has 0 aliphatic heterocycles. The van der Waals surface area contributed by atoms with Crippen molar-refractivity contribution in [1.29, 1.82) is 0 Å². The second-order valence-electron chi connectivity index (χ2n) is 5.69. The number of thioether (sulfide) groups is 1. The summed E-state index contributed by atoms with van der Waals surface area (Å²) >= 11 is 1.69. The van der Waals surface area contributed by atoms with Crippen LogP contribution in [0.25, 0.3) is 0 Å². The predicted octanol–water partition coefficient (Wildman–Crippen LogP) is 2.94. The lowest BCUT2D eigenvalue weighted by molar-refractivity contribution is 0.195. The normalized spacial score (nSPS) is 12.8. The van der Waals surface area contributed by atoms with Crippen molar-refractivity contribution in [2.24, 2.45) is 5.92 Å². The van der Waals surface area contributed by atoms with Crippen molar-refractivity contribution < 1.29 is 5.11 Å². The van der Waals surface area contributed by atoms with E-state index in [0.29, 0.717) is 18.1 Å². The van der Waals surface area contributed by atoms with Gasteiger partial charge in [0.05, 0.1) is 6.10 Å².